The smallest absolute Gasteiger partial charge is 0.240 e. The molecule has 24 heavy (non-hydrogen) atoms. The number of aliphatic hydroxyl groups excluding tert-OH is 1. The summed E-state index contributed by atoms with van der Waals surface area (Å²) in [7, 11) is -3.60. The molecule has 2 N–H and O–H groups in total. The lowest BCUT2D eigenvalue weighted by Gasteiger charge is -2.12. The first kappa shape index (κ1) is 18.9. The first-order valence-corrected chi connectivity index (χ1v) is 10.2. The van der Waals surface area contributed by atoms with Crippen LogP contribution in [0.2, 0.25) is 0 Å². The van der Waals surface area contributed by atoms with Crippen LogP contribution in [0.15, 0.2) is 40.6 Å². The molecule has 2 rings (SSSR count). The van der Waals surface area contributed by atoms with Gasteiger partial charge in [0, 0.05) is 11.4 Å². The van der Waals surface area contributed by atoms with E-state index in [1.165, 1.54) is 17.4 Å². The zero-order chi connectivity index (χ0) is 17.6. The first-order valence-electron chi connectivity index (χ1n) is 7.88. The Hall–Kier alpha value is -1.41. The Bertz CT molecular complexity index is 742. The molecule has 0 aliphatic rings. The second kappa shape index (κ2) is 8.62. The van der Waals surface area contributed by atoms with E-state index in [1.54, 1.807) is 12.1 Å². The van der Waals surface area contributed by atoms with E-state index in [0.717, 1.165) is 16.9 Å². The largest absolute Gasteiger partial charge is 0.493 e. The highest BCUT2D eigenvalue weighted by Crippen LogP contribution is 2.23. The van der Waals surface area contributed by atoms with Crippen LogP contribution in [0.3, 0.4) is 0 Å². The highest BCUT2D eigenvalue weighted by molar-refractivity contribution is 7.89. The number of aryl methyl sites for hydroxylation is 1. The number of hydrogen-bond acceptors (Lipinski definition) is 5. The summed E-state index contributed by atoms with van der Waals surface area (Å²) in [5.74, 6) is 0.698. The van der Waals surface area contributed by atoms with Gasteiger partial charge in [-0.2, -0.15) is 0 Å². The number of aliphatic hydroxyl groups is 1. The number of rotatable bonds is 9. The summed E-state index contributed by atoms with van der Waals surface area (Å²) in [5, 5.41) is 11.9. The van der Waals surface area contributed by atoms with Crippen LogP contribution >= 0.6 is 11.3 Å². The van der Waals surface area contributed by atoms with Gasteiger partial charge in [-0.15, -0.1) is 11.3 Å². The van der Waals surface area contributed by atoms with Gasteiger partial charge in [0.25, 0.3) is 0 Å². The lowest BCUT2D eigenvalue weighted by Crippen LogP contribution is -2.26. The normalized spacial score (nSPS) is 13.0. The van der Waals surface area contributed by atoms with Crippen molar-refractivity contribution in [3.63, 3.8) is 0 Å². The Kier molecular flexibility index (Phi) is 6.79. The Labute approximate surface area is 147 Å². The fourth-order valence-electron chi connectivity index (χ4n) is 2.20. The van der Waals surface area contributed by atoms with Gasteiger partial charge in [0.1, 0.15) is 5.75 Å². The van der Waals surface area contributed by atoms with E-state index in [2.05, 4.69) is 4.72 Å². The average Bonchev–Trinajstić information content (AvgIpc) is 3.08. The quantitative estimate of drug-likeness (QED) is 0.711. The molecule has 5 nitrogen and oxygen atoms in total. The van der Waals surface area contributed by atoms with Crippen molar-refractivity contribution in [3.05, 3.63) is 46.2 Å². The first-order chi connectivity index (χ1) is 11.4. The summed E-state index contributed by atoms with van der Waals surface area (Å²) in [4.78, 5) is 1.04. The van der Waals surface area contributed by atoms with Crippen molar-refractivity contribution in [2.45, 2.75) is 37.7 Å². The minimum Gasteiger partial charge on any atom is -0.493 e. The molecular weight excluding hydrogens is 346 g/mol. The van der Waals surface area contributed by atoms with Crippen molar-refractivity contribution in [2.24, 2.45) is 0 Å². The van der Waals surface area contributed by atoms with Gasteiger partial charge in [-0.3, -0.25) is 0 Å². The van der Waals surface area contributed by atoms with Gasteiger partial charge >= 0.3 is 0 Å². The van der Waals surface area contributed by atoms with Crippen molar-refractivity contribution in [1.82, 2.24) is 4.72 Å². The van der Waals surface area contributed by atoms with Crippen molar-refractivity contribution in [2.75, 3.05) is 13.2 Å². The maximum Gasteiger partial charge on any atom is 0.240 e. The second-order valence-electron chi connectivity index (χ2n) is 5.49. The zero-order valence-corrected chi connectivity index (χ0v) is 15.5. The van der Waals surface area contributed by atoms with Crippen LogP contribution < -0.4 is 9.46 Å². The third-order valence-electron chi connectivity index (χ3n) is 3.50. The van der Waals surface area contributed by atoms with E-state index in [-0.39, 0.29) is 11.4 Å². The van der Waals surface area contributed by atoms with E-state index in [1.807, 2.05) is 31.4 Å². The fourth-order valence-corrected chi connectivity index (χ4v) is 4.08. The minimum atomic E-state index is -3.60. The van der Waals surface area contributed by atoms with Crippen LogP contribution in [-0.2, 0) is 10.0 Å². The zero-order valence-electron chi connectivity index (χ0n) is 13.9. The van der Waals surface area contributed by atoms with Crippen LogP contribution in [0.5, 0.6) is 5.75 Å². The molecular formula is C17H23NO4S2. The highest BCUT2D eigenvalue weighted by Gasteiger charge is 2.16. The summed E-state index contributed by atoms with van der Waals surface area (Å²) >= 11 is 1.45. The topological polar surface area (TPSA) is 75.6 Å². The number of hydrogen-bond donors (Lipinski definition) is 2. The predicted molar refractivity (Wildman–Crippen MR) is 96.0 cm³/mol. The van der Waals surface area contributed by atoms with Gasteiger partial charge in [0.15, 0.2) is 0 Å². The molecule has 2 aromatic rings. The van der Waals surface area contributed by atoms with Gasteiger partial charge in [-0.05, 0) is 55.0 Å². The molecule has 0 amide bonds. The van der Waals surface area contributed by atoms with Crippen molar-refractivity contribution < 1.29 is 18.3 Å². The van der Waals surface area contributed by atoms with Crippen LogP contribution in [-0.4, -0.2) is 26.7 Å². The molecule has 0 saturated heterocycles. The third-order valence-corrected chi connectivity index (χ3v) is 5.93. The van der Waals surface area contributed by atoms with Crippen LogP contribution in [0.25, 0.3) is 0 Å². The molecule has 0 aliphatic carbocycles. The van der Waals surface area contributed by atoms with Gasteiger partial charge in [-0.25, -0.2) is 13.1 Å². The number of benzene rings is 1. The van der Waals surface area contributed by atoms with Crippen molar-refractivity contribution >= 4 is 21.4 Å². The lowest BCUT2D eigenvalue weighted by atomic mass is 10.2. The minimum absolute atomic E-state index is 0.175. The Morgan fingerprint density at radius 3 is 2.75 bits per heavy atom. The van der Waals surface area contributed by atoms with E-state index < -0.39 is 16.1 Å². The molecule has 1 aromatic carbocycles. The molecule has 0 radical (unpaired) electrons. The van der Waals surface area contributed by atoms with E-state index in [0.29, 0.717) is 18.8 Å². The summed E-state index contributed by atoms with van der Waals surface area (Å²) in [6.07, 6.45) is 0.573. The summed E-state index contributed by atoms with van der Waals surface area (Å²) < 4.78 is 32.8. The van der Waals surface area contributed by atoms with Crippen LogP contribution in [0, 0.1) is 6.92 Å². The predicted octanol–water partition coefficient (Wildman–Crippen LogP) is 3.25. The van der Waals surface area contributed by atoms with Crippen molar-refractivity contribution in [3.8, 4) is 5.75 Å². The summed E-state index contributed by atoms with van der Waals surface area (Å²) in [6, 6.07) is 8.51. The Morgan fingerprint density at radius 2 is 2.12 bits per heavy atom. The van der Waals surface area contributed by atoms with E-state index >= 15 is 0 Å². The molecule has 132 valence electrons. The second-order valence-corrected chi connectivity index (χ2v) is 8.24. The third kappa shape index (κ3) is 5.04. The van der Waals surface area contributed by atoms with E-state index in [9.17, 15) is 13.5 Å². The van der Waals surface area contributed by atoms with Crippen molar-refractivity contribution in [1.29, 1.82) is 0 Å². The molecule has 1 aromatic heterocycles. The van der Waals surface area contributed by atoms with Gasteiger partial charge in [0.05, 0.1) is 17.6 Å². The Balaban J connectivity index is 1.96. The lowest BCUT2D eigenvalue weighted by molar-refractivity contribution is 0.173. The van der Waals surface area contributed by atoms with Gasteiger partial charge < -0.3 is 9.84 Å². The molecule has 0 fully saturated rings. The maximum absolute atomic E-state index is 12.3. The van der Waals surface area contributed by atoms with Gasteiger partial charge in [-0.1, -0.05) is 13.0 Å². The molecule has 1 heterocycles. The van der Waals surface area contributed by atoms with E-state index in [4.69, 9.17) is 4.74 Å². The molecule has 0 aliphatic heterocycles. The molecule has 0 saturated carbocycles. The highest BCUT2D eigenvalue weighted by atomic mass is 32.2. The van der Waals surface area contributed by atoms with Gasteiger partial charge in [0.2, 0.25) is 10.0 Å². The SMILES string of the molecule is CCCOc1ccc(S(=O)(=O)NCCC(O)c2cccs2)cc1C. The summed E-state index contributed by atoms with van der Waals surface area (Å²) in [6.45, 7) is 4.62. The monoisotopic (exact) mass is 369 g/mol. The van der Waals surface area contributed by atoms with Crippen LogP contribution in [0.4, 0.5) is 0 Å². The van der Waals surface area contributed by atoms with Crippen LogP contribution in [0.1, 0.15) is 36.3 Å². The maximum atomic E-state index is 12.3. The number of thiophene rings is 1. The number of sulfonamides is 1. The molecule has 0 spiro atoms. The molecule has 7 heteroatoms. The molecule has 0 bridgehead atoms. The fraction of sp³-hybridized carbons (Fsp3) is 0.412. The number of nitrogens with one attached hydrogen (secondary N) is 1. The Morgan fingerprint density at radius 1 is 1.33 bits per heavy atom. The average molecular weight is 370 g/mol. The standard InChI is InChI=1S/C17H23NO4S2/c1-3-10-22-16-7-6-14(12-13(16)2)24(20,21)18-9-8-15(19)17-5-4-11-23-17/h4-7,11-12,15,18-19H,3,8-10H2,1-2H3. The summed E-state index contributed by atoms with van der Waals surface area (Å²) in [5.41, 5.74) is 0.782. The molecule has 1 unspecified atom stereocenters. The number of ether oxygens (including phenoxy) is 1. The molecule has 1 atom stereocenters.